The van der Waals surface area contributed by atoms with E-state index >= 15 is 0 Å². The molecule has 0 spiro atoms. The molecule has 2 atom stereocenters. The van der Waals surface area contributed by atoms with E-state index in [0.717, 1.165) is 16.9 Å². The molecule has 178 valence electrons. The number of anilines is 1. The molecule has 4 aromatic rings. The van der Waals surface area contributed by atoms with Crippen LogP contribution in [-0.2, 0) is 0 Å². The highest BCUT2D eigenvalue weighted by Crippen LogP contribution is 2.46. The Morgan fingerprint density at radius 3 is 2.54 bits per heavy atom. The van der Waals surface area contributed by atoms with Gasteiger partial charge in [-0.2, -0.15) is 0 Å². The van der Waals surface area contributed by atoms with Gasteiger partial charge in [-0.05, 0) is 66.8 Å². The summed E-state index contributed by atoms with van der Waals surface area (Å²) in [4.78, 5) is 6.57. The molecular weight excluding hydrogens is 505 g/mol. The number of halogens is 2. The molecule has 0 amide bonds. The SMILES string of the molecule is COc1ccc(N2C(=S)NC(c3ccccn3)C2c2ccc(-c3ccc(Cl)c(Cl)c3)o2)c(OC)c1. The van der Waals surface area contributed by atoms with Gasteiger partial charge in [0.25, 0.3) is 0 Å². The van der Waals surface area contributed by atoms with Gasteiger partial charge in [0.2, 0.25) is 0 Å². The van der Waals surface area contributed by atoms with Crippen molar-refractivity contribution in [1.82, 2.24) is 10.3 Å². The third-order valence-electron chi connectivity index (χ3n) is 5.87. The summed E-state index contributed by atoms with van der Waals surface area (Å²) < 4.78 is 17.5. The van der Waals surface area contributed by atoms with Crippen molar-refractivity contribution in [2.24, 2.45) is 0 Å². The second-order valence-electron chi connectivity index (χ2n) is 7.87. The van der Waals surface area contributed by atoms with Crippen molar-refractivity contribution < 1.29 is 13.9 Å². The monoisotopic (exact) mass is 525 g/mol. The summed E-state index contributed by atoms with van der Waals surface area (Å²) in [5.41, 5.74) is 2.44. The summed E-state index contributed by atoms with van der Waals surface area (Å²) in [7, 11) is 3.23. The molecule has 3 heterocycles. The zero-order valence-corrected chi connectivity index (χ0v) is 21.2. The zero-order valence-electron chi connectivity index (χ0n) is 18.9. The molecule has 6 nitrogen and oxygen atoms in total. The zero-order chi connectivity index (χ0) is 24.5. The normalized spacial score (nSPS) is 17.4. The van der Waals surface area contributed by atoms with Crippen LogP contribution in [0.3, 0.4) is 0 Å². The van der Waals surface area contributed by atoms with Crippen LogP contribution >= 0.6 is 35.4 Å². The smallest absolute Gasteiger partial charge is 0.174 e. The Morgan fingerprint density at radius 2 is 1.83 bits per heavy atom. The molecule has 2 unspecified atom stereocenters. The first-order valence-electron chi connectivity index (χ1n) is 10.8. The Kier molecular flexibility index (Phi) is 6.56. The first kappa shape index (κ1) is 23.5. The van der Waals surface area contributed by atoms with E-state index in [4.69, 9.17) is 49.3 Å². The number of benzene rings is 2. The molecule has 0 radical (unpaired) electrons. The van der Waals surface area contributed by atoms with Gasteiger partial charge in [-0.1, -0.05) is 29.3 Å². The number of rotatable bonds is 6. The molecule has 1 aliphatic heterocycles. The molecule has 35 heavy (non-hydrogen) atoms. The van der Waals surface area contributed by atoms with Crippen molar-refractivity contribution >= 4 is 46.2 Å². The van der Waals surface area contributed by atoms with Crippen LogP contribution in [0.2, 0.25) is 10.0 Å². The summed E-state index contributed by atoms with van der Waals surface area (Å²) in [5, 5.41) is 4.90. The number of furan rings is 1. The fourth-order valence-electron chi connectivity index (χ4n) is 4.20. The van der Waals surface area contributed by atoms with Gasteiger partial charge in [-0.3, -0.25) is 4.98 Å². The predicted molar refractivity (Wildman–Crippen MR) is 142 cm³/mol. The van der Waals surface area contributed by atoms with E-state index in [0.29, 0.717) is 38.2 Å². The molecule has 0 aliphatic carbocycles. The Balaban J connectivity index is 1.62. The summed E-state index contributed by atoms with van der Waals surface area (Å²) in [5.74, 6) is 2.67. The molecule has 2 aromatic heterocycles. The van der Waals surface area contributed by atoms with Crippen molar-refractivity contribution in [1.29, 1.82) is 0 Å². The Bertz CT molecular complexity index is 1380. The highest BCUT2D eigenvalue weighted by Gasteiger charge is 2.43. The maximum atomic E-state index is 6.38. The van der Waals surface area contributed by atoms with Gasteiger partial charge < -0.3 is 24.1 Å². The summed E-state index contributed by atoms with van der Waals surface area (Å²) in [6, 6.07) is 20.1. The maximum absolute atomic E-state index is 6.38. The van der Waals surface area contributed by atoms with Gasteiger partial charge in [-0.15, -0.1) is 0 Å². The van der Waals surface area contributed by atoms with Crippen molar-refractivity contribution in [3.8, 4) is 22.8 Å². The Labute approximate surface area is 218 Å². The summed E-state index contributed by atoms with van der Waals surface area (Å²) in [6.45, 7) is 0. The number of hydrogen-bond donors (Lipinski definition) is 1. The van der Waals surface area contributed by atoms with E-state index in [9.17, 15) is 0 Å². The minimum absolute atomic E-state index is 0.261. The Morgan fingerprint density at radius 1 is 0.971 bits per heavy atom. The van der Waals surface area contributed by atoms with Gasteiger partial charge >= 0.3 is 0 Å². The lowest BCUT2D eigenvalue weighted by atomic mass is 10.0. The van der Waals surface area contributed by atoms with Crippen molar-refractivity contribution in [2.75, 3.05) is 19.1 Å². The number of nitrogens with zero attached hydrogens (tertiary/aromatic N) is 2. The van der Waals surface area contributed by atoms with Crippen LogP contribution in [-0.4, -0.2) is 24.3 Å². The third kappa shape index (κ3) is 4.43. The van der Waals surface area contributed by atoms with Gasteiger partial charge in [0, 0.05) is 17.8 Å². The van der Waals surface area contributed by atoms with Gasteiger partial charge in [0.05, 0.1) is 41.7 Å². The minimum atomic E-state index is -0.337. The summed E-state index contributed by atoms with van der Waals surface area (Å²) in [6.07, 6.45) is 1.76. The number of pyridine rings is 1. The number of thiocarbonyl (C=S) groups is 1. The third-order valence-corrected chi connectivity index (χ3v) is 6.92. The van der Waals surface area contributed by atoms with Crippen molar-refractivity contribution in [2.45, 2.75) is 12.1 Å². The quantitative estimate of drug-likeness (QED) is 0.276. The lowest BCUT2D eigenvalue weighted by Gasteiger charge is -2.27. The van der Waals surface area contributed by atoms with Gasteiger partial charge in [0.15, 0.2) is 5.11 Å². The highest BCUT2D eigenvalue weighted by molar-refractivity contribution is 7.80. The second kappa shape index (κ2) is 9.77. The lowest BCUT2D eigenvalue weighted by Crippen LogP contribution is -2.29. The second-order valence-corrected chi connectivity index (χ2v) is 9.07. The first-order valence-corrected chi connectivity index (χ1v) is 11.9. The lowest BCUT2D eigenvalue weighted by molar-refractivity contribution is 0.392. The predicted octanol–water partition coefficient (Wildman–Crippen LogP) is 6.84. The van der Waals surface area contributed by atoms with Gasteiger partial charge in [-0.25, -0.2) is 0 Å². The van der Waals surface area contributed by atoms with Crippen molar-refractivity contribution in [3.05, 3.63) is 94.4 Å². The van der Waals surface area contributed by atoms with Crippen LogP contribution in [0.4, 0.5) is 5.69 Å². The van der Waals surface area contributed by atoms with E-state index in [2.05, 4.69) is 10.3 Å². The average Bonchev–Trinajstić information content (AvgIpc) is 3.50. The fourth-order valence-corrected chi connectivity index (χ4v) is 4.84. The fraction of sp³-hybridized carbons (Fsp3) is 0.154. The van der Waals surface area contributed by atoms with Crippen LogP contribution in [0.15, 0.2) is 77.3 Å². The number of methoxy groups -OCH3 is 2. The molecule has 9 heteroatoms. The minimum Gasteiger partial charge on any atom is -0.497 e. The van der Waals surface area contributed by atoms with E-state index < -0.39 is 0 Å². The number of aromatic nitrogens is 1. The molecule has 1 saturated heterocycles. The molecular formula is C26H21Cl2N3O3S. The largest absolute Gasteiger partial charge is 0.497 e. The molecule has 2 aromatic carbocycles. The molecule has 1 aliphatic rings. The number of hydrogen-bond acceptors (Lipinski definition) is 5. The summed E-state index contributed by atoms with van der Waals surface area (Å²) >= 11 is 18.1. The maximum Gasteiger partial charge on any atom is 0.174 e. The van der Waals surface area contributed by atoms with E-state index in [1.807, 2.05) is 59.5 Å². The van der Waals surface area contributed by atoms with E-state index in [1.165, 1.54) is 0 Å². The average molecular weight is 526 g/mol. The van der Waals surface area contributed by atoms with Crippen LogP contribution in [0.25, 0.3) is 11.3 Å². The molecule has 1 N–H and O–H groups in total. The number of nitrogens with one attached hydrogen (secondary N) is 1. The molecule has 1 fully saturated rings. The highest BCUT2D eigenvalue weighted by atomic mass is 35.5. The molecule has 0 saturated carbocycles. The standard InChI is InChI=1S/C26H21Cl2N3O3S/c1-32-16-7-9-20(23(14-16)33-2)31-25(24(30-26(31)35)19-5-3-4-12-29-19)22-11-10-21(34-22)15-6-8-17(27)18(28)13-15/h3-14,24-25H,1-2H3,(H,30,35). The van der Waals surface area contributed by atoms with Crippen LogP contribution in [0.1, 0.15) is 23.5 Å². The van der Waals surface area contributed by atoms with Crippen molar-refractivity contribution in [3.63, 3.8) is 0 Å². The van der Waals surface area contributed by atoms with Crippen LogP contribution in [0.5, 0.6) is 11.5 Å². The van der Waals surface area contributed by atoms with E-state index in [1.54, 1.807) is 32.5 Å². The topological polar surface area (TPSA) is 59.8 Å². The first-order chi connectivity index (χ1) is 17.0. The molecule has 0 bridgehead atoms. The molecule has 5 rings (SSSR count). The number of ether oxygens (including phenoxy) is 2. The Hall–Kier alpha value is -3.26. The van der Waals surface area contributed by atoms with Crippen LogP contribution < -0.4 is 19.7 Å². The van der Waals surface area contributed by atoms with Crippen LogP contribution in [0, 0.1) is 0 Å². The van der Waals surface area contributed by atoms with Gasteiger partial charge in [0.1, 0.15) is 29.1 Å². The van der Waals surface area contributed by atoms with E-state index in [-0.39, 0.29) is 12.1 Å².